The lowest BCUT2D eigenvalue weighted by atomic mass is 9.95. The highest BCUT2D eigenvalue weighted by atomic mass is 127. The minimum atomic E-state index is -0.604. The molecule has 1 amide bonds. The number of aromatic nitrogens is 1. The van der Waals surface area contributed by atoms with Crippen molar-refractivity contribution >= 4 is 58.0 Å². The number of hydrazone groups is 1. The standard InChI is InChI=1S/C30H32IN5O4S/c1-6-39-29(38)27-19(4)33-30(41)34-28(27)23-9-7-8-10-25(23)40-16-26(37)35-32-15-21-13-18(3)36(20(21)5)22-12-11-17(2)24(31)14-22/h7-15,28H,6,16H2,1-5H3,(H,35,37)(H2,33,34,41)/t28-/m1/s1. The summed E-state index contributed by atoms with van der Waals surface area (Å²) in [7, 11) is 0. The molecule has 41 heavy (non-hydrogen) atoms. The van der Waals surface area contributed by atoms with Gasteiger partial charge in [0.1, 0.15) is 5.75 Å². The van der Waals surface area contributed by atoms with Gasteiger partial charge in [0, 0.05) is 37.5 Å². The third-order valence-corrected chi connectivity index (χ3v) is 8.01. The first kappa shape index (κ1) is 30.3. The molecule has 0 radical (unpaired) electrons. The molecule has 1 aliphatic heterocycles. The number of carbonyl (C=O) groups excluding carboxylic acids is 2. The van der Waals surface area contributed by atoms with Crippen LogP contribution in [0.1, 0.15) is 48.0 Å². The number of amides is 1. The van der Waals surface area contributed by atoms with Crippen LogP contribution >= 0.6 is 34.8 Å². The maximum atomic E-state index is 12.7. The fraction of sp³-hybridized carbons (Fsp3) is 0.267. The number of thiocarbonyl (C=S) groups is 1. The number of benzene rings is 2. The average molecular weight is 686 g/mol. The number of halogens is 1. The van der Waals surface area contributed by atoms with Gasteiger partial charge >= 0.3 is 5.97 Å². The van der Waals surface area contributed by atoms with Gasteiger partial charge in [-0.2, -0.15) is 5.10 Å². The Kier molecular flexibility index (Phi) is 9.81. The Morgan fingerprint density at radius 1 is 1.15 bits per heavy atom. The monoisotopic (exact) mass is 685 g/mol. The first-order valence-corrected chi connectivity index (χ1v) is 14.5. The molecule has 11 heteroatoms. The topological polar surface area (TPSA) is 106 Å². The summed E-state index contributed by atoms with van der Waals surface area (Å²) in [5.74, 6) is -0.459. The molecule has 0 aliphatic carbocycles. The summed E-state index contributed by atoms with van der Waals surface area (Å²) >= 11 is 7.67. The lowest BCUT2D eigenvalue weighted by molar-refractivity contribution is -0.139. The van der Waals surface area contributed by atoms with E-state index in [9.17, 15) is 9.59 Å². The molecule has 0 saturated carbocycles. The van der Waals surface area contributed by atoms with E-state index in [0.717, 1.165) is 22.6 Å². The van der Waals surface area contributed by atoms with E-state index >= 15 is 0 Å². The molecular formula is C30H32IN5O4S. The van der Waals surface area contributed by atoms with Crippen molar-refractivity contribution in [1.29, 1.82) is 0 Å². The third-order valence-electron chi connectivity index (χ3n) is 6.63. The molecule has 4 rings (SSSR count). The number of nitrogens with zero attached hydrogens (tertiary/aromatic N) is 2. The van der Waals surface area contributed by atoms with Crippen LogP contribution in [0.4, 0.5) is 0 Å². The Balaban J connectivity index is 1.45. The van der Waals surface area contributed by atoms with E-state index in [-0.39, 0.29) is 13.2 Å². The quantitative estimate of drug-likeness (QED) is 0.0969. The van der Waals surface area contributed by atoms with E-state index in [1.165, 1.54) is 9.13 Å². The molecule has 1 atom stereocenters. The zero-order valence-electron chi connectivity index (χ0n) is 23.5. The molecule has 0 unspecified atom stereocenters. The van der Waals surface area contributed by atoms with Crippen molar-refractivity contribution < 1.29 is 19.1 Å². The highest BCUT2D eigenvalue weighted by molar-refractivity contribution is 14.1. The summed E-state index contributed by atoms with van der Waals surface area (Å²) in [6.45, 7) is 9.61. The zero-order valence-corrected chi connectivity index (χ0v) is 26.5. The van der Waals surface area contributed by atoms with Crippen LogP contribution in [0, 0.1) is 24.3 Å². The van der Waals surface area contributed by atoms with Crippen molar-refractivity contribution in [3.8, 4) is 11.4 Å². The van der Waals surface area contributed by atoms with Gasteiger partial charge in [-0.3, -0.25) is 4.79 Å². The summed E-state index contributed by atoms with van der Waals surface area (Å²) in [5.41, 5.74) is 9.44. The second-order valence-corrected chi connectivity index (χ2v) is 11.1. The van der Waals surface area contributed by atoms with Crippen molar-refractivity contribution in [2.75, 3.05) is 13.2 Å². The van der Waals surface area contributed by atoms with E-state index in [1.807, 2.05) is 32.0 Å². The molecule has 0 spiro atoms. The number of esters is 1. The van der Waals surface area contributed by atoms with Gasteiger partial charge in [-0.05, 0) is 99.3 Å². The first-order valence-electron chi connectivity index (χ1n) is 13.0. The van der Waals surface area contributed by atoms with E-state index < -0.39 is 17.9 Å². The predicted octanol–water partition coefficient (Wildman–Crippen LogP) is 4.89. The van der Waals surface area contributed by atoms with Gasteiger partial charge in [-0.15, -0.1) is 0 Å². The SMILES string of the molecule is CCOC(=O)C1=C(C)NC(=S)N[C@@H]1c1ccccc1OCC(=O)NN=Cc1cc(C)n(-c2ccc(C)c(I)c2)c1C. The highest BCUT2D eigenvalue weighted by Gasteiger charge is 2.32. The zero-order chi connectivity index (χ0) is 29.7. The maximum Gasteiger partial charge on any atom is 0.338 e. The Bertz CT molecular complexity index is 1560. The molecule has 1 aromatic heterocycles. The summed E-state index contributed by atoms with van der Waals surface area (Å²) in [6, 6.07) is 14.9. The van der Waals surface area contributed by atoms with Crippen LogP contribution in [-0.4, -0.2) is 41.0 Å². The van der Waals surface area contributed by atoms with Crippen LogP contribution in [0.3, 0.4) is 0 Å². The molecule has 9 nitrogen and oxygen atoms in total. The van der Waals surface area contributed by atoms with Crippen LogP contribution < -0.4 is 20.8 Å². The fourth-order valence-corrected chi connectivity index (χ4v) is 5.41. The average Bonchev–Trinajstić information content (AvgIpc) is 3.21. The van der Waals surface area contributed by atoms with Crippen molar-refractivity contribution in [2.45, 2.75) is 40.7 Å². The second-order valence-electron chi connectivity index (χ2n) is 9.51. The molecular weight excluding hydrogens is 653 g/mol. The molecule has 2 heterocycles. The summed E-state index contributed by atoms with van der Waals surface area (Å²) < 4.78 is 14.5. The van der Waals surface area contributed by atoms with Crippen LogP contribution in [-0.2, 0) is 14.3 Å². The molecule has 3 N–H and O–H groups in total. The van der Waals surface area contributed by atoms with Crippen molar-refractivity contribution in [3.63, 3.8) is 0 Å². The number of hydrogen-bond donors (Lipinski definition) is 3. The number of carbonyl (C=O) groups is 2. The van der Waals surface area contributed by atoms with Gasteiger partial charge in [0.05, 0.1) is 24.4 Å². The number of rotatable bonds is 9. The summed E-state index contributed by atoms with van der Waals surface area (Å²) in [6.07, 6.45) is 1.63. The van der Waals surface area contributed by atoms with Crippen molar-refractivity contribution in [2.24, 2.45) is 5.10 Å². The molecule has 214 valence electrons. The number of para-hydroxylation sites is 1. The first-order chi connectivity index (χ1) is 19.6. The van der Waals surface area contributed by atoms with Gasteiger partial charge < -0.3 is 24.7 Å². The Morgan fingerprint density at radius 3 is 2.63 bits per heavy atom. The Morgan fingerprint density at radius 2 is 1.90 bits per heavy atom. The normalized spacial score (nSPS) is 15.0. The second kappa shape index (κ2) is 13.3. The number of aryl methyl sites for hydroxylation is 2. The van der Waals surface area contributed by atoms with Gasteiger partial charge in [-0.1, -0.05) is 24.3 Å². The highest BCUT2D eigenvalue weighted by Crippen LogP contribution is 2.33. The van der Waals surface area contributed by atoms with Crippen LogP contribution in [0.15, 0.2) is 64.9 Å². The minimum Gasteiger partial charge on any atom is -0.483 e. The predicted molar refractivity (Wildman–Crippen MR) is 171 cm³/mol. The molecule has 0 saturated heterocycles. The number of allylic oxidation sites excluding steroid dienone is 1. The number of nitrogens with one attached hydrogen (secondary N) is 3. The molecule has 1 aliphatic rings. The van der Waals surface area contributed by atoms with Gasteiger partial charge in [0.2, 0.25) is 0 Å². The molecule has 2 aromatic carbocycles. The van der Waals surface area contributed by atoms with Crippen LogP contribution in [0.25, 0.3) is 5.69 Å². The lowest BCUT2D eigenvalue weighted by Crippen LogP contribution is -2.45. The van der Waals surface area contributed by atoms with E-state index in [1.54, 1.807) is 32.2 Å². The largest absolute Gasteiger partial charge is 0.483 e. The summed E-state index contributed by atoms with van der Waals surface area (Å²) in [4.78, 5) is 25.4. The Hall–Kier alpha value is -3.71. The number of hydrogen-bond acceptors (Lipinski definition) is 6. The lowest BCUT2D eigenvalue weighted by Gasteiger charge is -2.30. The minimum absolute atomic E-state index is 0.237. The van der Waals surface area contributed by atoms with Crippen LogP contribution in [0.2, 0.25) is 0 Å². The Labute approximate surface area is 258 Å². The van der Waals surface area contributed by atoms with Gasteiger partial charge in [0.25, 0.3) is 5.91 Å². The summed E-state index contributed by atoms with van der Waals surface area (Å²) in [5, 5.41) is 10.6. The van der Waals surface area contributed by atoms with Crippen molar-refractivity contribution in [3.05, 3.63) is 91.4 Å². The van der Waals surface area contributed by atoms with Crippen molar-refractivity contribution in [1.82, 2.24) is 20.6 Å². The van der Waals surface area contributed by atoms with Crippen LogP contribution in [0.5, 0.6) is 5.75 Å². The van der Waals surface area contributed by atoms with Gasteiger partial charge in [-0.25, -0.2) is 10.2 Å². The molecule has 0 bridgehead atoms. The fourth-order valence-electron chi connectivity index (χ4n) is 4.64. The molecule has 0 fully saturated rings. The van der Waals surface area contributed by atoms with E-state index in [0.29, 0.717) is 27.7 Å². The maximum absolute atomic E-state index is 12.7. The van der Waals surface area contributed by atoms with Gasteiger partial charge in [0.15, 0.2) is 11.7 Å². The smallest absolute Gasteiger partial charge is 0.338 e. The third kappa shape index (κ3) is 6.96. The van der Waals surface area contributed by atoms with E-state index in [4.69, 9.17) is 21.7 Å². The number of ether oxygens (including phenoxy) is 2. The van der Waals surface area contributed by atoms with E-state index in [2.05, 4.69) is 73.4 Å². The molecule has 3 aromatic rings.